The average molecular weight is 451 g/mol. The molecule has 6 heteroatoms. The van der Waals surface area contributed by atoms with Crippen molar-refractivity contribution >= 4 is 28.0 Å². The Morgan fingerprint density at radius 1 is 1.18 bits per heavy atom. The largest absolute Gasteiger partial charge is 0.506 e. The number of hydrogen-bond acceptors (Lipinski definition) is 6. The molecule has 0 radical (unpaired) electrons. The molecule has 0 atom stereocenters. The molecular formula is C27H30O6. The molecule has 4 rings (SSSR count). The minimum Gasteiger partial charge on any atom is -0.506 e. The second-order valence-corrected chi connectivity index (χ2v) is 9.39. The molecule has 0 aliphatic carbocycles. The maximum atomic E-state index is 13.8. The molecule has 2 aromatic carbocycles. The number of benzene rings is 2. The predicted octanol–water partition coefficient (Wildman–Crippen LogP) is 6.14. The van der Waals surface area contributed by atoms with Crippen molar-refractivity contribution in [3.8, 4) is 23.0 Å². The van der Waals surface area contributed by atoms with E-state index in [0.717, 1.165) is 5.57 Å². The van der Waals surface area contributed by atoms with Crippen LogP contribution in [0.15, 0.2) is 39.1 Å². The number of hydrogen-bond donors (Lipinski definition) is 1. The highest BCUT2D eigenvalue weighted by molar-refractivity contribution is 5.99. The van der Waals surface area contributed by atoms with Gasteiger partial charge in [-0.25, -0.2) is 0 Å². The number of phenolic OH excluding ortho intramolecular Hbond substituents is 1. The number of allylic oxidation sites excluding steroid dienone is 2. The summed E-state index contributed by atoms with van der Waals surface area (Å²) in [5.74, 6) is 1.30. The van der Waals surface area contributed by atoms with Crippen molar-refractivity contribution in [1.29, 1.82) is 0 Å². The zero-order chi connectivity index (χ0) is 24.1. The van der Waals surface area contributed by atoms with Crippen molar-refractivity contribution in [3.63, 3.8) is 0 Å². The molecule has 1 aliphatic heterocycles. The van der Waals surface area contributed by atoms with Crippen molar-refractivity contribution in [2.75, 3.05) is 7.11 Å². The summed E-state index contributed by atoms with van der Waals surface area (Å²) < 4.78 is 23.9. The summed E-state index contributed by atoms with van der Waals surface area (Å²) in [6.07, 6.45) is 6.00. The fourth-order valence-corrected chi connectivity index (χ4v) is 4.09. The molecule has 0 fully saturated rings. The van der Waals surface area contributed by atoms with Crippen molar-refractivity contribution in [2.45, 2.75) is 59.7 Å². The fraction of sp³-hybridized carbons (Fsp3) is 0.370. The Bertz CT molecular complexity index is 1370. The number of aromatic hydroxyl groups is 1. The van der Waals surface area contributed by atoms with Crippen molar-refractivity contribution < 1.29 is 23.7 Å². The fourth-order valence-electron chi connectivity index (χ4n) is 4.09. The molecule has 0 amide bonds. The second-order valence-electron chi connectivity index (χ2n) is 9.39. The van der Waals surface area contributed by atoms with Gasteiger partial charge >= 0.3 is 0 Å². The molecule has 1 N–H and O–H groups in total. The van der Waals surface area contributed by atoms with Crippen molar-refractivity contribution in [2.24, 2.45) is 0 Å². The first kappa shape index (κ1) is 22.8. The van der Waals surface area contributed by atoms with Gasteiger partial charge in [0.05, 0.1) is 24.2 Å². The smallest absolute Gasteiger partial charge is 0.204 e. The third-order valence-electron chi connectivity index (χ3n) is 5.55. The standard InChI is InChI=1S/C27H30O6/c1-14(2)8-9-17-22-19(13-21(26(17)30-7)31-15(3)4)32-20-12-18-16(10-11-27(5,6)33-18)24(28)23(20)25(22)29/h8,10-13,15,28H,9H2,1-7H3. The number of rotatable bonds is 5. The predicted molar refractivity (Wildman–Crippen MR) is 131 cm³/mol. The first-order valence-electron chi connectivity index (χ1n) is 11.1. The SMILES string of the molecule is COc1c(OC(C)C)cc2oc3cc4c(c(O)c3c(=O)c2c1CC=C(C)C)C=CC(C)(C)O4. The van der Waals surface area contributed by atoms with Crippen molar-refractivity contribution in [3.05, 3.63) is 51.2 Å². The summed E-state index contributed by atoms with van der Waals surface area (Å²) in [4.78, 5) is 13.8. The topological polar surface area (TPSA) is 78.1 Å². The van der Waals surface area contributed by atoms with Gasteiger partial charge in [-0.15, -0.1) is 0 Å². The summed E-state index contributed by atoms with van der Waals surface area (Å²) in [5, 5.41) is 11.5. The molecule has 0 bridgehead atoms. The van der Waals surface area contributed by atoms with Gasteiger partial charge in [-0.05, 0) is 60.1 Å². The van der Waals surface area contributed by atoms with Crippen LogP contribution < -0.4 is 19.6 Å². The van der Waals surface area contributed by atoms with Gasteiger partial charge in [0, 0.05) is 17.7 Å². The van der Waals surface area contributed by atoms with Crippen LogP contribution in [0, 0.1) is 0 Å². The number of phenols is 1. The van der Waals surface area contributed by atoms with Crippen LogP contribution in [-0.2, 0) is 6.42 Å². The first-order valence-corrected chi connectivity index (χ1v) is 11.1. The van der Waals surface area contributed by atoms with E-state index in [0.29, 0.717) is 45.8 Å². The van der Waals surface area contributed by atoms with Crippen LogP contribution in [0.2, 0.25) is 0 Å². The maximum absolute atomic E-state index is 13.8. The molecule has 1 aliphatic rings. The lowest BCUT2D eigenvalue weighted by Crippen LogP contribution is -2.27. The van der Waals surface area contributed by atoms with Crippen molar-refractivity contribution in [1.82, 2.24) is 0 Å². The van der Waals surface area contributed by atoms with Crippen LogP contribution in [0.3, 0.4) is 0 Å². The van der Waals surface area contributed by atoms with Gasteiger partial charge in [-0.3, -0.25) is 4.79 Å². The summed E-state index contributed by atoms with van der Waals surface area (Å²) in [6, 6.07) is 3.35. The lowest BCUT2D eigenvalue weighted by Gasteiger charge is -2.28. The molecule has 6 nitrogen and oxygen atoms in total. The van der Waals surface area contributed by atoms with Crippen LogP contribution in [0.25, 0.3) is 28.0 Å². The van der Waals surface area contributed by atoms with E-state index >= 15 is 0 Å². The lowest BCUT2D eigenvalue weighted by atomic mass is 9.97. The molecule has 0 spiro atoms. The van der Waals surface area contributed by atoms with Gasteiger partial charge in [0.2, 0.25) is 5.43 Å². The Kier molecular flexibility index (Phi) is 5.64. The van der Waals surface area contributed by atoms with E-state index < -0.39 is 5.60 Å². The van der Waals surface area contributed by atoms with E-state index in [4.69, 9.17) is 18.6 Å². The quantitative estimate of drug-likeness (QED) is 0.372. The van der Waals surface area contributed by atoms with Crippen LogP contribution in [0.1, 0.15) is 52.7 Å². The highest BCUT2D eigenvalue weighted by Gasteiger charge is 2.28. The van der Waals surface area contributed by atoms with E-state index in [1.54, 1.807) is 25.3 Å². The summed E-state index contributed by atoms with van der Waals surface area (Å²) in [7, 11) is 1.56. The van der Waals surface area contributed by atoms with Gasteiger partial charge in [-0.1, -0.05) is 11.6 Å². The Hall–Kier alpha value is -3.41. The normalized spacial score (nSPS) is 14.3. The minimum absolute atomic E-state index is 0.0988. The summed E-state index contributed by atoms with van der Waals surface area (Å²) >= 11 is 0. The second kappa shape index (κ2) is 8.18. The van der Waals surface area contributed by atoms with Gasteiger partial charge in [-0.2, -0.15) is 0 Å². The van der Waals surface area contributed by atoms with Gasteiger partial charge in [0.25, 0.3) is 0 Å². The van der Waals surface area contributed by atoms with Gasteiger partial charge in [0.15, 0.2) is 11.5 Å². The zero-order valence-electron chi connectivity index (χ0n) is 20.2. The van der Waals surface area contributed by atoms with Crippen LogP contribution >= 0.6 is 0 Å². The Balaban J connectivity index is 2.12. The third kappa shape index (κ3) is 4.06. The highest BCUT2D eigenvalue weighted by Crippen LogP contribution is 2.43. The Morgan fingerprint density at radius 3 is 2.52 bits per heavy atom. The molecular weight excluding hydrogens is 420 g/mol. The van der Waals surface area contributed by atoms with E-state index in [9.17, 15) is 9.90 Å². The van der Waals surface area contributed by atoms with Crippen LogP contribution in [0.5, 0.6) is 23.0 Å². The van der Waals surface area contributed by atoms with E-state index in [-0.39, 0.29) is 28.3 Å². The maximum Gasteiger partial charge on any atom is 0.204 e. The van der Waals surface area contributed by atoms with Crippen LogP contribution in [0.4, 0.5) is 0 Å². The first-order chi connectivity index (χ1) is 15.5. The molecule has 2 heterocycles. The van der Waals surface area contributed by atoms with Gasteiger partial charge < -0.3 is 23.7 Å². The summed E-state index contributed by atoms with van der Waals surface area (Å²) in [5.41, 5.74) is 1.99. The summed E-state index contributed by atoms with van der Waals surface area (Å²) in [6.45, 7) is 11.7. The molecule has 33 heavy (non-hydrogen) atoms. The van der Waals surface area contributed by atoms with E-state index in [2.05, 4.69) is 0 Å². The molecule has 0 saturated heterocycles. The monoisotopic (exact) mass is 450 g/mol. The lowest BCUT2D eigenvalue weighted by molar-refractivity contribution is 0.158. The number of fused-ring (bicyclic) bond motifs is 3. The zero-order valence-corrected chi connectivity index (χ0v) is 20.2. The number of methoxy groups -OCH3 is 1. The molecule has 3 aromatic rings. The molecule has 0 saturated carbocycles. The number of ether oxygens (including phenoxy) is 3. The Labute approximate surface area is 193 Å². The molecule has 0 unspecified atom stereocenters. The average Bonchev–Trinajstić information content (AvgIpc) is 2.70. The molecule has 1 aromatic heterocycles. The van der Waals surface area contributed by atoms with Gasteiger partial charge in [0.1, 0.15) is 33.7 Å². The minimum atomic E-state index is -0.534. The molecule has 174 valence electrons. The van der Waals surface area contributed by atoms with E-state index in [1.807, 2.05) is 53.7 Å². The van der Waals surface area contributed by atoms with Crippen LogP contribution in [-0.4, -0.2) is 23.9 Å². The third-order valence-corrected chi connectivity index (χ3v) is 5.55. The highest BCUT2D eigenvalue weighted by atomic mass is 16.5. The van der Waals surface area contributed by atoms with E-state index in [1.165, 1.54) is 0 Å². The Morgan fingerprint density at radius 2 is 1.88 bits per heavy atom.